The third-order valence-corrected chi connectivity index (χ3v) is 3.16. The standard InChI is InChI=1S/C17H17N/c1-4-16(15-11-6-5-7-12-15)18(3)17-13-9-8-10-14(17)2/h1,5-13,16H,2-3H3. The number of nitrogens with zero attached hydrogens (tertiary/aromatic N) is 1. The molecule has 1 unspecified atom stereocenters. The monoisotopic (exact) mass is 235 g/mol. The number of anilines is 1. The third-order valence-electron chi connectivity index (χ3n) is 3.16. The number of benzene rings is 2. The molecule has 1 heteroatoms. The predicted molar refractivity (Wildman–Crippen MR) is 77.6 cm³/mol. The molecule has 0 aromatic heterocycles. The molecule has 0 saturated heterocycles. The van der Waals surface area contributed by atoms with E-state index in [0.717, 1.165) is 5.56 Å². The fourth-order valence-electron chi connectivity index (χ4n) is 2.17. The van der Waals surface area contributed by atoms with Crippen molar-refractivity contribution in [3.63, 3.8) is 0 Å². The maximum absolute atomic E-state index is 5.70. The summed E-state index contributed by atoms with van der Waals surface area (Å²) in [6.07, 6.45) is 5.70. The van der Waals surface area contributed by atoms with Crippen LogP contribution in [-0.2, 0) is 0 Å². The zero-order chi connectivity index (χ0) is 13.0. The first-order valence-corrected chi connectivity index (χ1v) is 6.03. The van der Waals surface area contributed by atoms with Crippen molar-refractivity contribution in [2.75, 3.05) is 11.9 Å². The number of hydrogen-bond acceptors (Lipinski definition) is 1. The fraction of sp³-hybridized carbons (Fsp3) is 0.176. The van der Waals surface area contributed by atoms with Crippen LogP contribution in [-0.4, -0.2) is 7.05 Å². The summed E-state index contributed by atoms with van der Waals surface area (Å²) in [6.45, 7) is 2.10. The number of rotatable bonds is 3. The smallest absolute Gasteiger partial charge is 0.115 e. The second-order valence-corrected chi connectivity index (χ2v) is 4.38. The average Bonchev–Trinajstić information content (AvgIpc) is 2.41. The minimum Gasteiger partial charge on any atom is -0.357 e. The van der Waals surface area contributed by atoms with E-state index in [1.54, 1.807) is 0 Å². The minimum absolute atomic E-state index is 0.0349. The van der Waals surface area contributed by atoms with Gasteiger partial charge in [0.2, 0.25) is 0 Å². The van der Waals surface area contributed by atoms with Gasteiger partial charge in [-0.2, -0.15) is 0 Å². The summed E-state index contributed by atoms with van der Waals surface area (Å²) in [5.74, 6) is 2.87. The second kappa shape index (κ2) is 5.42. The molecule has 0 radical (unpaired) electrons. The first-order chi connectivity index (χ1) is 8.74. The Balaban J connectivity index is 2.36. The normalized spacial score (nSPS) is 11.6. The zero-order valence-electron chi connectivity index (χ0n) is 10.8. The van der Waals surface area contributed by atoms with Crippen LogP contribution in [0.25, 0.3) is 0 Å². The summed E-state index contributed by atoms with van der Waals surface area (Å²) >= 11 is 0. The SMILES string of the molecule is C#CC(c1ccccc1)N(C)c1ccccc1C. The summed E-state index contributed by atoms with van der Waals surface area (Å²) in [5.41, 5.74) is 3.55. The van der Waals surface area contributed by atoms with Crippen LogP contribution < -0.4 is 4.90 Å². The Morgan fingerprint density at radius 1 is 1.00 bits per heavy atom. The molecule has 0 aliphatic rings. The van der Waals surface area contributed by atoms with Crippen molar-refractivity contribution < 1.29 is 0 Å². The lowest BCUT2D eigenvalue weighted by atomic mass is 10.0. The lowest BCUT2D eigenvalue weighted by molar-refractivity contribution is 0.831. The van der Waals surface area contributed by atoms with Gasteiger partial charge in [0.05, 0.1) is 0 Å². The molecule has 0 heterocycles. The van der Waals surface area contributed by atoms with Crippen LogP contribution >= 0.6 is 0 Å². The van der Waals surface area contributed by atoms with Crippen LogP contribution in [0.5, 0.6) is 0 Å². The molecule has 0 saturated carbocycles. The van der Waals surface area contributed by atoms with Crippen LogP contribution in [0.15, 0.2) is 54.6 Å². The Kier molecular flexibility index (Phi) is 3.69. The summed E-state index contributed by atoms with van der Waals surface area (Å²) in [4.78, 5) is 2.14. The molecule has 2 rings (SSSR count). The van der Waals surface area contributed by atoms with Crippen molar-refractivity contribution in [2.24, 2.45) is 0 Å². The van der Waals surface area contributed by atoms with E-state index in [1.165, 1.54) is 11.3 Å². The van der Waals surface area contributed by atoms with Gasteiger partial charge >= 0.3 is 0 Å². The molecular formula is C17H17N. The third kappa shape index (κ3) is 2.38. The van der Waals surface area contributed by atoms with Crippen LogP contribution in [0.2, 0.25) is 0 Å². The highest BCUT2D eigenvalue weighted by molar-refractivity contribution is 5.55. The predicted octanol–water partition coefficient (Wildman–Crippen LogP) is 3.81. The number of hydrogen-bond donors (Lipinski definition) is 0. The van der Waals surface area contributed by atoms with Gasteiger partial charge in [0.25, 0.3) is 0 Å². The Morgan fingerprint density at radius 2 is 1.61 bits per heavy atom. The number of aryl methyl sites for hydroxylation is 1. The molecule has 2 aromatic rings. The largest absolute Gasteiger partial charge is 0.357 e. The molecular weight excluding hydrogens is 218 g/mol. The van der Waals surface area contributed by atoms with Crippen molar-refractivity contribution in [2.45, 2.75) is 13.0 Å². The molecule has 0 amide bonds. The highest BCUT2D eigenvalue weighted by Crippen LogP contribution is 2.27. The molecule has 2 aromatic carbocycles. The lowest BCUT2D eigenvalue weighted by Crippen LogP contribution is -2.23. The van der Waals surface area contributed by atoms with Crippen molar-refractivity contribution >= 4 is 5.69 Å². The van der Waals surface area contributed by atoms with Crippen molar-refractivity contribution in [3.8, 4) is 12.3 Å². The summed E-state index contributed by atoms with van der Waals surface area (Å²) in [7, 11) is 2.04. The van der Waals surface area contributed by atoms with Crippen LogP contribution in [0.3, 0.4) is 0 Å². The van der Waals surface area contributed by atoms with Gasteiger partial charge in [-0.3, -0.25) is 0 Å². The topological polar surface area (TPSA) is 3.24 Å². The van der Waals surface area contributed by atoms with E-state index in [-0.39, 0.29) is 6.04 Å². The van der Waals surface area contributed by atoms with E-state index in [2.05, 4.69) is 42.0 Å². The molecule has 1 nitrogen and oxygen atoms in total. The average molecular weight is 235 g/mol. The minimum atomic E-state index is -0.0349. The number of para-hydroxylation sites is 1. The van der Waals surface area contributed by atoms with Gasteiger partial charge in [-0.25, -0.2) is 0 Å². The highest BCUT2D eigenvalue weighted by atomic mass is 15.1. The maximum atomic E-state index is 5.70. The zero-order valence-corrected chi connectivity index (χ0v) is 10.8. The Labute approximate surface area is 109 Å². The van der Waals surface area contributed by atoms with Gasteiger partial charge in [0, 0.05) is 12.7 Å². The molecule has 0 fully saturated rings. The summed E-state index contributed by atoms with van der Waals surface area (Å²) in [6, 6.07) is 18.4. The van der Waals surface area contributed by atoms with E-state index in [4.69, 9.17) is 6.42 Å². The second-order valence-electron chi connectivity index (χ2n) is 4.38. The van der Waals surface area contributed by atoms with E-state index in [0.29, 0.717) is 0 Å². The van der Waals surface area contributed by atoms with Crippen LogP contribution in [0, 0.1) is 19.3 Å². The van der Waals surface area contributed by atoms with Gasteiger partial charge < -0.3 is 4.90 Å². The van der Waals surface area contributed by atoms with Crippen LogP contribution in [0.4, 0.5) is 5.69 Å². The molecule has 0 bridgehead atoms. The molecule has 0 N–H and O–H groups in total. The quantitative estimate of drug-likeness (QED) is 0.731. The molecule has 0 spiro atoms. The van der Waals surface area contributed by atoms with Gasteiger partial charge in [-0.15, -0.1) is 6.42 Å². The van der Waals surface area contributed by atoms with E-state index in [1.807, 2.05) is 37.4 Å². The lowest BCUT2D eigenvalue weighted by Gasteiger charge is -2.27. The van der Waals surface area contributed by atoms with Crippen molar-refractivity contribution in [1.29, 1.82) is 0 Å². The Morgan fingerprint density at radius 3 is 2.22 bits per heavy atom. The van der Waals surface area contributed by atoms with E-state index in [9.17, 15) is 0 Å². The highest BCUT2D eigenvalue weighted by Gasteiger charge is 2.15. The molecule has 90 valence electrons. The maximum Gasteiger partial charge on any atom is 0.115 e. The molecule has 18 heavy (non-hydrogen) atoms. The summed E-state index contributed by atoms with van der Waals surface area (Å²) in [5, 5.41) is 0. The van der Waals surface area contributed by atoms with Gasteiger partial charge in [-0.05, 0) is 24.1 Å². The van der Waals surface area contributed by atoms with Crippen molar-refractivity contribution in [3.05, 3.63) is 65.7 Å². The van der Waals surface area contributed by atoms with Gasteiger partial charge in [-0.1, -0.05) is 54.5 Å². The first-order valence-electron chi connectivity index (χ1n) is 6.03. The van der Waals surface area contributed by atoms with Crippen molar-refractivity contribution in [1.82, 2.24) is 0 Å². The Bertz CT molecular complexity index is 551. The van der Waals surface area contributed by atoms with Crippen LogP contribution in [0.1, 0.15) is 17.2 Å². The molecule has 1 atom stereocenters. The first kappa shape index (κ1) is 12.3. The fourth-order valence-corrected chi connectivity index (χ4v) is 2.17. The number of terminal acetylenes is 1. The summed E-state index contributed by atoms with van der Waals surface area (Å²) < 4.78 is 0. The van der Waals surface area contributed by atoms with Gasteiger partial charge in [0.1, 0.15) is 6.04 Å². The molecule has 0 aliphatic heterocycles. The van der Waals surface area contributed by atoms with E-state index >= 15 is 0 Å². The van der Waals surface area contributed by atoms with E-state index < -0.39 is 0 Å². The Hall–Kier alpha value is -2.20. The van der Waals surface area contributed by atoms with Gasteiger partial charge in [0.15, 0.2) is 0 Å². The molecule has 0 aliphatic carbocycles.